The van der Waals surface area contributed by atoms with Crippen LogP contribution in [0.3, 0.4) is 0 Å². The Balaban J connectivity index is 1.88. The number of hydrogen-bond acceptors (Lipinski definition) is 6. The minimum Gasteiger partial charge on any atom is -0.384 e. The SMILES string of the molecule is CC(C)(O)c1cn(-c2ccc(-c3cc(F)c(COP(C)(=O)O)c(S(C)(=O)=O)c3)cc2F)c(C(C)(C)c2c(Cl)cccc2Cl)n1. The van der Waals surface area contributed by atoms with Crippen molar-refractivity contribution in [2.24, 2.45) is 0 Å². The largest absolute Gasteiger partial charge is 0.384 e. The molecule has 0 fully saturated rings. The summed E-state index contributed by atoms with van der Waals surface area (Å²) in [5, 5.41) is 11.5. The Kier molecular flexibility index (Phi) is 9.30. The first-order valence-corrected chi connectivity index (χ1v) is 17.8. The normalized spacial score (nSPS) is 14.1. The number of sulfone groups is 1. The van der Waals surface area contributed by atoms with E-state index >= 15 is 8.78 Å². The molecule has 0 aliphatic carbocycles. The minimum absolute atomic E-state index is 0.0403. The summed E-state index contributed by atoms with van der Waals surface area (Å²) in [7, 11) is -8.06. The molecule has 0 amide bonds. The molecule has 0 radical (unpaired) electrons. The van der Waals surface area contributed by atoms with Gasteiger partial charge >= 0.3 is 7.60 Å². The van der Waals surface area contributed by atoms with Crippen LogP contribution in [0.2, 0.25) is 10.0 Å². The first kappa shape index (κ1) is 34.2. The van der Waals surface area contributed by atoms with E-state index in [9.17, 15) is 23.0 Å². The summed E-state index contributed by atoms with van der Waals surface area (Å²) >= 11 is 13.1. The molecule has 14 heteroatoms. The average molecular weight is 688 g/mol. The molecule has 0 aliphatic heterocycles. The fourth-order valence-electron chi connectivity index (χ4n) is 4.82. The summed E-state index contributed by atoms with van der Waals surface area (Å²) in [5.74, 6) is -1.44. The standard InChI is InChI=1S/C30H31Cl2F2N2O6PS/c1-29(2,27-20(31)8-7-9-21(27)32)28-35-26(30(3,4)37)15-36(28)24-11-10-17(12-23(24)34)18-13-22(33)19(16-42-43(5,38)39)25(14-18)44(6,40)41/h7-15,37H,16H2,1-6H3,(H,38,39). The van der Waals surface area contributed by atoms with Crippen molar-refractivity contribution in [3.05, 3.63) is 99.1 Å². The van der Waals surface area contributed by atoms with Crippen molar-refractivity contribution in [1.82, 2.24) is 9.55 Å². The third kappa shape index (κ3) is 7.10. The molecular formula is C30H31Cl2F2N2O6PS. The second-order valence-electron chi connectivity index (χ2n) is 11.5. The van der Waals surface area contributed by atoms with Crippen LogP contribution in [-0.4, -0.2) is 40.9 Å². The van der Waals surface area contributed by atoms with Gasteiger partial charge in [0.05, 0.1) is 28.3 Å². The van der Waals surface area contributed by atoms with Crippen LogP contribution in [0.1, 0.15) is 50.3 Å². The van der Waals surface area contributed by atoms with Crippen molar-refractivity contribution in [3.63, 3.8) is 0 Å². The first-order chi connectivity index (χ1) is 20.1. The van der Waals surface area contributed by atoms with Crippen LogP contribution in [0.25, 0.3) is 16.8 Å². The van der Waals surface area contributed by atoms with Crippen LogP contribution < -0.4 is 0 Å². The van der Waals surface area contributed by atoms with Gasteiger partial charge < -0.3 is 14.5 Å². The highest BCUT2D eigenvalue weighted by Gasteiger charge is 2.36. The summed E-state index contributed by atoms with van der Waals surface area (Å²) in [4.78, 5) is 13.6. The summed E-state index contributed by atoms with van der Waals surface area (Å²) in [6, 6.07) is 11.2. The van der Waals surface area contributed by atoms with E-state index in [2.05, 4.69) is 4.98 Å². The van der Waals surface area contributed by atoms with Gasteiger partial charge in [-0.1, -0.05) is 35.3 Å². The van der Waals surface area contributed by atoms with Crippen LogP contribution in [0.15, 0.2) is 59.6 Å². The molecule has 4 rings (SSSR count). The van der Waals surface area contributed by atoms with Gasteiger partial charge in [0.2, 0.25) is 0 Å². The molecule has 0 bridgehead atoms. The third-order valence-corrected chi connectivity index (χ3v) is 9.42. The van der Waals surface area contributed by atoms with Crippen LogP contribution >= 0.6 is 30.8 Å². The molecule has 3 aromatic carbocycles. The molecule has 2 N–H and O–H groups in total. The van der Waals surface area contributed by atoms with E-state index in [4.69, 9.17) is 27.7 Å². The van der Waals surface area contributed by atoms with Gasteiger partial charge in [-0.05, 0) is 75.2 Å². The van der Waals surface area contributed by atoms with Crippen LogP contribution in [0.5, 0.6) is 0 Å². The van der Waals surface area contributed by atoms with E-state index in [1.165, 1.54) is 22.9 Å². The molecule has 0 spiro atoms. The maximum Gasteiger partial charge on any atom is 0.325 e. The molecule has 1 heterocycles. The highest BCUT2D eigenvalue weighted by Crippen LogP contribution is 2.42. The number of benzene rings is 3. The third-order valence-electron chi connectivity index (χ3n) is 7.02. The van der Waals surface area contributed by atoms with Gasteiger partial charge in [0.15, 0.2) is 9.84 Å². The van der Waals surface area contributed by atoms with Gasteiger partial charge in [-0.2, -0.15) is 0 Å². The second-order valence-corrected chi connectivity index (χ2v) is 16.2. The van der Waals surface area contributed by atoms with Crippen LogP contribution in [0.4, 0.5) is 8.78 Å². The highest BCUT2D eigenvalue weighted by molar-refractivity contribution is 7.90. The number of halogens is 4. The highest BCUT2D eigenvalue weighted by atomic mass is 35.5. The topological polar surface area (TPSA) is 119 Å². The van der Waals surface area contributed by atoms with E-state index in [1.54, 1.807) is 32.0 Å². The van der Waals surface area contributed by atoms with E-state index in [1.807, 2.05) is 13.8 Å². The van der Waals surface area contributed by atoms with Gasteiger partial charge in [-0.3, -0.25) is 9.13 Å². The number of nitrogens with zero attached hydrogens (tertiary/aromatic N) is 2. The molecule has 0 saturated heterocycles. The Morgan fingerprint density at radius 2 is 1.59 bits per heavy atom. The second kappa shape index (κ2) is 11.9. The minimum atomic E-state index is -4.03. The molecule has 0 saturated carbocycles. The average Bonchev–Trinajstić information content (AvgIpc) is 3.33. The van der Waals surface area contributed by atoms with Crippen LogP contribution in [0, 0.1) is 11.6 Å². The molecule has 1 aromatic heterocycles. The molecule has 0 aliphatic rings. The lowest BCUT2D eigenvalue weighted by Crippen LogP contribution is -2.25. The van der Waals surface area contributed by atoms with E-state index in [-0.39, 0.29) is 22.5 Å². The fourth-order valence-corrected chi connectivity index (χ4v) is 7.00. The first-order valence-electron chi connectivity index (χ1n) is 13.2. The predicted octanol–water partition coefficient (Wildman–Crippen LogP) is 7.41. The maximum atomic E-state index is 16.0. The maximum absolute atomic E-state index is 16.0. The fraction of sp³-hybridized carbons (Fsp3) is 0.300. The molecule has 4 aromatic rings. The van der Waals surface area contributed by atoms with Crippen LogP contribution in [-0.2, 0) is 36.5 Å². The molecule has 236 valence electrons. The number of hydrogen-bond donors (Lipinski definition) is 2. The van der Waals surface area contributed by atoms with Crippen molar-refractivity contribution in [3.8, 4) is 16.8 Å². The molecule has 8 nitrogen and oxygen atoms in total. The van der Waals surface area contributed by atoms with Gasteiger partial charge in [-0.25, -0.2) is 22.2 Å². The van der Waals surface area contributed by atoms with E-state index in [0.29, 0.717) is 21.4 Å². The van der Waals surface area contributed by atoms with Gasteiger partial charge in [-0.15, -0.1) is 0 Å². The Morgan fingerprint density at radius 3 is 2.11 bits per heavy atom. The summed E-state index contributed by atoms with van der Waals surface area (Å²) in [6.07, 6.45) is 2.36. The molecule has 1 atom stereocenters. The summed E-state index contributed by atoms with van der Waals surface area (Å²) < 4.78 is 74.1. The number of aliphatic hydroxyl groups is 1. The van der Waals surface area contributed by atoms with Crippen molar-refractivity contribution < 1.29 is 36.3 Å². The lowest BCUT2D eigenvalue weighted by Gasteiger charge is -2.28. The summed E-state index contributed by atoms with van der Waals surface area (Å²) in [5.41, 5.74) is -1.75. The predicted molar refractivity (Wildman–Crippen MR) is 166 cm³/mol. The Bertz CT molecular complexity index is 1900. The summed E-state index contributed by atoms with van der Waals surface area (Å²) in [6.45, 7) is 6.85. The Labute approximate surface area is 264 Å². The zero-order chi connectivity index (χ0) is 33.0. The Morgan fingerprint density at radius 1 is 1.00 bits per heavy atom. The number of rotatable bonds is 9. The van der Waals surface area contributed by atoms with Crippen molar-refractivity contribution in [2.75, 3.05) is 12.9 Å². The van der Waals surface area contributed by atoms with E-state index in [0.717, 1.165) is 31.1 Å². The number of aromatic nitrogens is 2. The molecule has 1 unspecified atom stereocenters. The smallest absolute Gasteiger partial charge is 0.325 e. The van der Waals surface area contributed by atoms with Crippen molar-refractivity contribution >= 4 is 40.6 Å². The van der Waals surface area contributed by atoms with Gasteiger partial charge in [0, 0.05) is 40.3 Å². The van der Waals surface area contributed by atoms with Crippen molar-refractivity contribution in [2.45, 2.75) is 50.2 Å². The molecular weight excluding hydrogens is 656 g/mol. The van der Waals surface area contributed by atoms with E-state index < -0.39 is 57.1 Å². The lowest BCUT2D eigenvalue weighted by molar-refractivity contribution is 0.0740. The van der Waals surface area contributed by atoms with Crippen molar-refractivity contribution in [1.29, 1.82) is 0 Å². The Hall–Kier alpha value is -2.63. The zero-order valence-corrected chi connectivity index (χ0v) is 27.9. The monoisotopic (exact) mass is 686 g/mol. The van der Waals surface area contributed by atoms with Gasteiger partial charge in [0.25, 0.3) is 0 Å². The quantitative estimate of drug-likeness (QED) is 0.176. The lowest BCUT2D eigenvalue weighted by atomic mass is 9.83. The molecule has 44 heavy (non-hydrogen) atoms. The number of imidazole rings is 1. The zero-order valence-electron chi connectivity index (χ0n) is 24.7. The van der Waals surface area contributed by atoms with Gasteiger partial charge in [0.1, 0.15) is 23.1 Å².